The first kappa shape index (κ1) is 64.5. The maximum atomic E-state index is 14.3. The van der Waals surface area contributed by atoms with Crippen LogP contribution in [0.25, 0.3) is 0 Å². The molecule has 1 heterocycles. The molecule has 436 valence electrons. The zero-order valence-corrected chi connectivity index (χ0v) is 53.9. The van der Waals surface area contributed by atoms with Gasteiger partial charge in [-0.1, -0.05) is 27.7 Å². The molecule has 1 aliphatic heterocycles. The molecule has 0 aromatic rings. The number of carbonyl (C=O) groups is 6. The lowest BCUT2D eigenvalue weighted by Crippen LogP contribution is -2.60. The second kappa shape index (κ2) is 25.3. The van der Waals surface area contributed by atoms with Crippen molar-refractivity contribution >= 4 is 69.6 Å². The first-order valence-electron chi connectivity index (χ1n) is 29.4. The number of ether oxygens (including phenoxy) is 4. The quantitative estimate of drug-likeness (QED) is 0.0225. The van der Waals surface area contributed by atoms with E-state index < -0.39 is 97.7 Å². The number of carbonyl (C=O) groups excluding carboxylic acids is 5. The van der Waals surface area contributed by atoms with E-state index in [0.717, 1.165) is 19.3 Å². The smallest absolute Gasteiger partial charge is 0.469 e. The molecule has 15 nitrogen and oxygen atoms in total. The Balaban J connectivity index is 1.38. The summed E-state index contributed by atoms with van der Waals surface area (Å²) in [6, 6.07) is 0.567. The van der Waals surface area contributed by atoms with Crippen LogP contribution >= 0.6 is 0 Å². The Kier molecular flexibility index (Phi) is 21.4. The molecule has 5 fully saturated rings. The van der Waals surface area contributed by atoms with Crippen LogP contribution in [-0.2, 0) is 60.1 Å². The Bertz CT molecular complexity index is 1990. The normalized spacial score (nSPS) is 30.6. The topological polar surface area (TPSA) is 207 Å². The molecule has 5 rings (SSSR count). The molecule has 0 spiro atoms. The number of hydrogen-bond acceptors (Lipinski definition) is 14. The molecular weight excluding hydrogens is 1040 g/mol. The highest BCUT2D eigenvalue weighted by Gasteiger charge is 2.64. The Hall–Kier alpha value is -2.27. The lowest BCUT2D eigenvalue weighted by molar-refractivity contribution is -0.167. The number of rotatable bonds is 30. The SMILES string of the molecule is CCC1C(=O)OC(=O)C1CCC1C(CCC2C3CC(C(=O)OC(C)(C)C)C(C3)C2CCC(C)(CC)C(=O)OCCC[Si](O[Si](C)(C)C)(O[Si](C)(C)C)O[Si](C)(C)C)C2CC1C(C(=O)OCC(CC)(CC)CO)C2C(=O)O. The molecule has 14 unspecified atom stereocenters. The number of fused-ring (bicyclic) bond motifs is 4. The van der Waals surface area contributed by atoms with Crippen molar-refractivity contribution in [1.29, 1.82) is 0 Å². The Morgan fingerprint density at radius 1 is 0.632 bits per heavy atom. The molecule has 14 atom stereocenters. The van der Waals surface area contributed by atoms with Crippen molar-refractivity contribution < 1.29 is 70.3 Å². The summed E-state index contributed by atoms with van der Waals surface area (Å²) in [5.74, 6) is -6.29. The summed E-state index contributed by atoms with van der Waals surface area (Å²) in [6.07, 6.45) is 8.68. The van der Waals surface area contributed by atoms with Gasteiger partial charge in [0.25, 0.3) is 0 Å². The van der Waals surface area contributed by atoms with E-state index in [2.05, 4.69) is 58.9 Å². The number of aliphatic hydroxyl groups excluding tert-OH is 1. The highest BCUT2D eigenvalue weighted by atomic mass is 28.5. The van der Waals surface area contributed by atoms with E-state index in [-0.39, 0.29) is 85.0 Å². The van der Waals surface area contributed by atoms with Gasteiger partial charge in [-0.2, -0.15) is 0 Å². The van der Waals surface area contributed by atoms with Gasteiger partial charge in [-0.3, -0.25) is 28.8 Å². The monoisotopic (exact) mass is 1140 g/mol. The summed E-state index contributed by atoms with van der Waals surface area (Å²) in [5, 5.41) is 21.2. The third kappa shape index (κ3) is 15.8. The van der Waals surface area contributed by atoms with Crippen LogP contribution in [0.3, 0.4) is 0 Å². The minimum atomic E-state index is -3.12. The van der Waals surface area contributed by atoms with Crippen molar-refractivity contribution in [3.63, 3.8) is 0 Å². The molecule has 19 heteroatoms. The van der Waals surface area contributed by atoms with Crippen molar-refractivity contribution in [2.24, 2.45) is 87.8 Å². The molecule has 0 aromatic carbocycles. The second-order valence-corrected chi connectivity index (χ2v) is 45.1. The Morgan fingerprint density at radius 2 is 1.16 bits per heavy atom. The van der Waals surface area contributed by atoms with Crippen LogP contribution in [-0.4, -0.2) is 105 Å². The van der Waals surface area contributed by atoms with Crippen molar-refractivity contribution in [3.8, 4) is 0 Å². The van der Waals surface area contributed by atoms with Gasteiger partial charge in [0, 0.05) is 11.5 Å². The largest absolute Gasteiger partial charge is 0.481 e. The lowest BCUT2D eigenvalue weighted by atomic mass is 9.63. The Labute approximate surface area is 461 Å². The minimum absolute atomic E-state index is 0.00134. The Morgan fingerprint density at radius 3 is 1.66 bits per heavy atom. The summed E-state index contributed by atoms with van der Waals surface area (Å²) in [5.41, 5.74) is -2.03. The number of hydrogen-bond donors (Lipinski definition) is 2. The van der Waals surface area contributed by atoms with E-state index in [9.17, 15) is 39.0 Å². The van der Waals surface area contributed by atoms with Crippen LogP contribution < -0.4 is 0 Å². The van der Waals surface area contributed by atoms with E-state index >= 15 is 0 Å². The number of aliphatic carboxylic acids is 1. The first-order chi connectivity index (χ1) is 35.1. The maximum absolute atomic E-state index is 14.3. The van der Waals surface area contributed by atoms with Crippen LogP contribution in [0.15, 0.2) is 0 Å². The fourth-order valence-electron chi connectivity index (χ4n) is 14.6. The summed E-state index contributed by atoms with van der Waals surface area (Å²) >= 11 is 0. The van der Waals surface area contributed by atoms with Crippen LogP contribution in [0.1, 0.15) is 145 Å². The summed E-state index contributed by atoms with van der Waals surface area (Å²) in [4.78, 5) is 81.7. The first-order valence-corrected chi connectivity index (χ1v) is 41.5. The molecule has 0 radical (unpaired) electrons. The molecule has 2 N–H and O–H groups in total. The summed E-state index contributed by atoms with van der Waals surface area (Å²) in [7, 11) is -9.38. The van der Waals surface area contributed by atoms with Crippen molar-refractivity contribution in [1.82, 2.24) is 0 Å². The van der Waals surface area contributed by atoms with Gasteiger partial charge in [0.2, 0.25) is 0 Å². The molecule has 0 aromatic heterocycles. The fourth-order valence-corrected chi connectivity index (χ4v) is 29.2. The standard InChI is InChI=1S/C57H102O15Si4/c1-18-37-42(51(62)68-50(37)61)26-25-40-39(44-33-45(40)48(47(44)49(59)60)53(64)67-35-57(20-3,21-4)34-58)24-23-38-36-31-43(46(32-36)52(63)69-55(5,6)7)41(38)27-28-56(8,19-2)54(65)66-29-22-30-76(70-73(9,10)11,71-74(12,13)14)72-75(15,16)17/h36-48,58H,18-35H2,1-17H3,(H,59,60). The van der Waals surface area contributed by atoms with Crippen LogP contribution in [0, 0.1) is 87.8 Å². The van der Waals surface area contributed by atoms with Crippen molar-refractivity contribution in [2.45, 2.75) is 216 Å². The van der Waals surface area contributed by atoms with Crippen LogP contribution in [0.2, 0.25) is 65.0 Å². The van der Waals surface area contributed by atoms with Gasteiger partial charge in [0.05, 0.1) is 54.8 Å². The number of cyclic esters (lactones) is 2. The van der Waals surface area contributed by atoms with Gasteiger partial charge >= 0.3 is 44.6 Å². The lowest BCUT2D eigenvalue weighted by Gasteiger charge is -2.43. The van der Waals surface area contributed by atoms with Crippen LogP contribution in [0.5, 0.6) is 0 Å². The molecule has 4 bridgehead atoms. The van der Waals surface area contributed by atoms with Gasteiger partial charge in [-0.15, -0.1) is 0 Å². The predicted octanol–water partition coefficient (Wildman–Crippen LogP) is 11.7. The molecular formula is C57H102O15Si4. The molecule has 4 saturated carbocycles. The second-order valence-electron chi connectivity index (χ2n) is 28.2. The molecule has 1 saturated heterocycles. The highest BCUT2D eigenvalue weighted by Crippen LogP contribution is 2.64. The fraction of sp³-hybridized carbons (Fsp3) is 0.895. The maximum Gasteiger partial charge on any atom is 0.469 e. The van der Waals surface area contributed by atoms with E-state index in [1.54, 1.807) is 0 Å². The number of aliphatic hydroxyl groups is 1. The van der Waals surface area contributed by atoms with Crippen LogP contribution in [0.4, 0.5) is 0 Å². The zero-order valence-electron chi connectivity index (χ0n) is 49.9. The number of esters is 5. The van der Waals surface area contributed by atoms with E-state index in [1.807, 2.05) is 55.4 Å². The van der Waals surface area contributed by atoms with Gasteiger partial charge in [0.15, 0.2) is 25.0 Å². The van der Waals surface area contributed by atoms with E-state index in [4.69, 9.17) is 31.3 Å². The van der Waals surface area contributed by atoms with Gasteiger partial charge in [-0.05, 0) is 224 Å². The van der Waals surface area contributed by atoms with Crippen molar-refractivity contribution in [3.05, 3.63) is 0 Å². The van der Waals surface area contributed by atoms with Gasteiger partial charge in [0.1, 0.15) is 5.60 Å². The molecule has 76 heavy (non-hydrogen) atoms. The predicted molar refractivity (Wildman–Crippen MR) is 301 cm³/mol. The van der Waals surface area contributed by atoms with Crippen molar-refractivity contribution in [2.75, 3.05) is 19.8 Å². The number of carboxylic acids is 1. The van der Waals surface area contributed by atoms with Gasteiger partial charge < -0.3 is 41.5 Å². The van der Waals surface area contributed by atoms with E-state index in [1.165, 1.54) is 0 Å². The average Bonchev–Trinajstić information content (AvgIpc) is 4.11. The summed E-state index contributed by atoms with van der Waals surface area (Å²) in [6.45, 7) is 35.0. The zero-order chi connectivity index (χ0) is 57.1. The third-order valence-electron chi connectivity index (χ3n) is 18.4. The van der Waals surface area contributed by atoms with Gasteiger partial charge in [-0.25, -0.2) is 0 Å². The van der Waals surface area contributed by atoms with E-state index in [0.29, 0.717) is 76.7 Å². The molecule has 0 amide bonds. The minimum Gasteiger partial charge on any atom is -0.481 e. The summed E-state index contributed by atoms with van der Waals surface area (Å²) < 4.78 is 44.0. The average molecular weight is 1140 g/mol. The number of carboxylic acid groups (broad SMARTS) is 1. The molecule has 5 aliphatic rings. The molecule has 4 aliphatic carbocycles. The third-order valence-corrected chi connectivity index (χ3v) is 30.5. The highest BCUT2D eigenvalue weighted by molar-refractivity contribution is 6.90.